The third-order valence-electron chi connectivity index (χ3n) is 5.03. The summed E-state index contributed by atoms with van der Waals surface area (Å²) in [6.45, 7) is 4.11. The molecule has 1 saturated heterocycles. The van der Waals surface area contributed by atoms with Crippen LogP contribution in [0.3, 0.4) is 0 Å². The Labute approximate surface area is 137 Å². The molecule has 1 aliphatic carbocycles. The second kappa shape index (κ2) is 6.89. The molecular formula is C18H26N2O3. The van der Waals surface area contributed by atoms with E-state index >= 15 is 0 Å². The maximum atomic E-state index is 12.2. The molecule has 5 heteroatoms. The van der Waals surface area contributed by atoms with Crippen molar-refractivity contribution < 1.29 is 14.6 Å². The number of rotatable bonds is 7. The van der Waals surface area contributed by atoms with Crippen LogP contribution < -0.4 is 10.1 Å². The van der Waals surface area contributed by atoms with Gasteiger partial charge in [0, 0.05) is 18.5 Å². The van der Waals surface area contributed by atoms with E-state index in [4.69, 9.17) is 4.74 Å². The molecule has 2 aliphatic rings. The molecule has 1 amide bonds. The van der Waals surface area contributed by atoms with E-state index in [1.54, 1.807) is 31.4 Å². The Morgan fingerprint density at radius 2 is 1.96 bits per heavy atom. The second-order valence-corrected chi connectivity index (χ2v) is 6.88. The summed E-state index contributed by atoms with van der Waals surface area (Å²) < 4.78 is 5.09. The Bertz CT molecular complexity index is 534. The molecular weight excluding hydrogens is 292 g/mol. The van der Waals surface area contributed by atoms with E-state index in [0.717, 1.165) is 6.54 Å². The third-order valence-corrected chi connectivity index (χ3v) is 5.03. The standard InChI is InChI=1S/C18H26N2O3/c1-23-15-6-4-14(5-7-15)16(21)17(22)19-12-18(8-9-18)13-20-10-2-3-11-20/h4-7,16,21H,2-3,8-13H2,1H3,(H,19,22)/t16-/m0/s1. The number of carbonyl (C=O) groups is 1. The summed E-state index contributed by atoms with van der Waals surface area (Å²) in [4.78, 5) is 14.7. The van der Waals surface area contributed by atoms with Crippen LogP contribution in [0.25, 0.3) is 0 Å². The average molecular weight is 318 g/mol. The van der Waals surface area contributed by atoms with Crippen molar-refractivity contribution in [2.45, 2.75) is 31.8 Å². The molecule has 23 heavy (non-hydrogen) atoms. The van der Waals surface area contributed by atoms with E-state index in [1.165, 1.54) is 38.8 Å². The van der Waals surface area contributed by atoms with Crippen molar-refractivity contribution in [2.75, 3.05) is 33.3 Å². The zero-order valence-electron chi connectivity index (χ0n) is 13.8. The fraction of sp³-hybridized carbons (Fsp3) is 0.611. The van der Waals surface area contributed by atoms with Crippen LogP contribution in [0, 0.1) is 5.41 Å². The highest BCUT2D eigenvalue weighted by molar-refractivity contribution is 5.82. The number of nitrogens with zero attached hydrogens (tertiary/aromatic N) is 1. The van der Waals surface area contributed by atoms with Gasteiger partial charge in [-0.3, -0.25) is 4.79 Å². The first-order valence-electron chi connectivity index (χ1n) is 8.44. The van der Waals surface area contributed by atoms with E-state index < -0.39 is 6.10 Å². The van der Waals surface area contributed by atoms with Gasteiger partial charge >= 0.3 is 0 Å². The van der Waals surface area contributed by atoms with E-state index in [9.17, 15) is 9.90 Å². The fourth-order valence-electron chi connectivity index (χ4n) is 3.29. The number of likely N-dealkylation sites (tertiary alicyclic amines) is 1. The molecule has 2 N–H and O–H groups in total. The predicted molar refractivity (Wildman–Crippen MR) is 88.3 cm³/mol. The molecule has 0 bridgehead atoms. The Kier molecular flexibility index (Phi) is 4.87. The van der Waals surface area contributed by atoms with E-state index in [1.807, 2.05) is 0 Å². The number of nitrogens with one attached hydrogen (secondary N) is 1. The fourth-order valence-corrected chi connectivity index (χ4v) is 3.29. The van der Waals surface area contributed by atoms with Gasteiger partial charge in [-0.05, 0) is 56.5 Å². The highest BCUT2D eigenvalue weighted by Crippen LogP contribution is 2.46. The van der Waals surface area contributed by atoms with Crippen LogP contribution in [0.1, 0.15) is 37.4 Å². The van der Waals surface area contributed by atoms with Crippen LogP contribution in [0.2, 0.25) is 0 Å². The number of hydrogen-bond donors (Lipinski definition) is 2. The number of benzene rings is 1. The normalized spacial score (nSPS) is 21.0. The lowest BCUT2D eigenvalue weighted by Crippen LogP contribution is -2.38. The molecule has 0 unspecified atom stereocenters. The molecule has 5 nitrogen and oxygen atoms in total. The van der Waals surface area contributed by atoms with E-state index in [-0.39, 0.29) is 11.3 Å². The summed E-state index contributed by atoms with van der Waals surface area (Å²) in [6.07, 6.45) is 3.80. The molecule has 1 aromatic carbocycles. The molecule has 1 atom stereocenters. The molecule has 1 aromatic rings. The summed E-state index contributed by atoms with van der Waals surface area (Å²) in [5, 5.41) is 13.1. The van der Waals surface area contributed by atoms with Gasteiger partial charge in [0.05, 0.1) is 7.11 Å². The first kappa shape index (κ1) is 16.3. The van der Waals surface area contributed by atoms with E-state index in [2.05, 4.69) is 10.2 Å². The number of methoxy groups -OCH3 is 1. The average Bonchev–Trinajstić information content (AvgIpc) is 3.15. The minimum absolute atomic E-state index is 0.236. The lowest BCUT2D eigenvalue weighted by molar-refractivity contribution is -0.129. The Morgan fingerprint density at radius 1 is 1.30 bits per heavy atom. The number of aliphatic hydroxyl groups is 1. The van der Waals surface area contributed by atoms with Gasteiger partial charge in [-0.15, -0.1) is 0 Å². The first-order valence-corrected chi connectivity index (χ1v) is 8.44. The lowest BCUT2D eigenvalue weighted by Gasteiger charge is -2.23. The molecule has 1 heterocycles. The van der Waals surface area contributed by atoms with Crippen LogP contribution in [-0.4, -0.2) is 49.2 Å². The van der Waals surface area contributed by atoms with Gasteiger partial charge < -0.3 is 20.1 Å². The topological polar surface area (TPSA) is 61.8 Å². The smallest absolute Gasteiger partial charge is 0.253 e. The van der Waals surface area contributed by atoms with Gasteiger partial charge in [-0.25, -0.2) is 0 Å². The summed E-state index contributed by atoms with van der Waals surface area (Å²) in [5.41, 5.74) is 0.826. The van der Waals surface area contributed by atoms with Crippen molar-refractivity contribution in [3.05, 3.63) is 29.8 Å². The number of hydrogen-bond acceptors (Lipinski definition) is 4. The third kappa shape index (κ3) is 4.03. The van der Waals surface area contributed by atoms with Gasteiger partial charge in [0.25, 0.3) is 5.91 Å². The number of carbonyl (C=O) groups excluding carboxylic acids is 1. The summed E-state index contributed by atoms with van der Waals surface area (Å²) in [5.74, 6) is 0.395. The van der Waals surface area contributed by atoms with Gasteiger partial charge in [0.15, 0.2) is 6.10 Å². The van der Waals surface area contributed by atoms with Gasteiger partial charge in [0.1, 0.15) is 5.75 Å². The summed E-state index contributed by atoms with van der Waals surface area (Å²) in [7, 11) is 1.59. The minimum atomic E-state index is -1.12. The van der Waals surface area contributed by atoms with Crippen molar-refractivity contribution in [2.24, 2.45) is 5.41 Å². The number of aliphatic hydroxyl groups excluding tert-OH is 1. The van der Waals surface area contributed by atoms with Crippen LogP contribution >= 0.6 is 0 Å². The van der Waals surface area contributed by atoms with Gasteiger partial charge in [0.2, 0.25) is 0 Å². The molecule has 126 valence electrons. The van der Waals surface area contributed by atoms with Crippen molar-refractivity contribution in [3.63, 3.8) is 0 Å². The quantitative estimate of drug-likeness (QED) is 0.804. The van der Waals surface area contributed by atoms with Crippen molar-refractivity contribution >= 4 is 5.91 Å². The lowest BCUT2D eigenvalue weighted by atomic mass is 10.1. The summed E-state index contributed by atoms with van der Waals surface area (Å²) in [6, 6.07) is 6.95. The molecule has 1 aliphatic heterocycles. The monoisotopic (exact) mass is 318 g/mol. The highest BCUT2D eigenvalue weighted by atomic mass is 16.5. The predicted octanol–water partition coefficient (Wildman–Crippen LogP) is 1.72. The largest absolute Gasteiger partial charge is 0.497 e. The van der Waals surface area contributed by atoms with Crippen LogP contribution in [0.15, 0.2) is 24.3 Å². The van der Waals surface area contributed by atoms with Gasteiger partial charge in [-0.1, -0.05) is 12.1 Å². The van der Waals surface area contributed by atoms with Crippen molar-refractivity contribution in [3.8, 4) is 5.75 Å². The number of ether oxygens (including phenoxy) is 1. The Balaban J connectivity index is 1.50. The molecule has 2 fully saturated rings. The van der Waals surface area contributed by atoms with Crippen LogP contribution in [-0.2, 0) is 4.79 Å². The molecule has 0 aromatic heterocycles. The molecule has 0 spiro atoms. The van der Waals surface area contributed by atoms with Crippen molar-refractivity contribution in [1.82, 2.24) is 10.2 Å². The van der Waals surface area contributed by atoms with Crippen LogP contribution in [0.4, 0.5) is 0 Å². The Hall–Kier alpha value is -1.59. The first-order chi connectivity index (χ1) is 11.1. The zero-order valence-corrected chi connectivity index (χ0v) is 13.8. The van der Waals surface area contributed by atoms with Crippen LogP contribution in [0.5, 0.6) is 5.75 Å². The number of amides is 1. The molecule has 3 rings (SSSR count). The SMILES string of the molecule is COc1ccc([C@H](O)C(=O)NCC2(CN3CCCC3)CC2)cc1. The van der Waals surface area contributed by atoms with E-state index in [0.29, 0.717) is 17.9 Å². The van der Waals surface area contributed by atoms with Gasteiger partial charge in [-0.2, -0.15) is 0 Å². The second-order valence-electron chi connectivity index (χ2n) is 6.88. The minimum Gasteiger partial charge on any atom is -0.497 e. The maximum Gasteiger partial charge on any atom is 0.253 e. The summed E-state index contributed by atoms with van der Waals surface area (Å²) >= 11 is 0. The maximum absolute atomic E-state index is 12.2. The molecule has 0 radical (unpaired) electrons. The Morgan fingerprint density at radius 3 is 2.52 bits per heavy atom. The highest BCUT2D eigenvalue weighted by Gasteiger charge is 2.44. The van der Waals surface area contributed by atoms with Crippen molar-refractivity contribution in [1.29, 1.82) is 0 Å². The molecule has 1 saturated carbocycles. The zero-order chi connectivity index (χ0) is 16.3.